The third-order valence-electron chi connectivity index (χ3n) is 4.76. The number of rotatable bonds is 7. The summed E-state index contributed by atoms with van der Waals surface area (Å²) in [5.41, 5.74) is -0.681. The molecule has 2 N–H and O–H groups in total. The third-order valence-corrected chi connectivity index (χ3v) is 4.76. The van der Waals surface area contributed by atoms with Crippen molar-refractivity contribution in [3.63, 3.8) is 0 Å². The minimum atomic E-state index is -4.33. The Balaban J connectivity index is 0.00000420. The molecule has 29 heavy (non-hydrogen) atoms. The molecule has 0 aromatic heterocycles. The van der Waals surface area contributed by atoms with Crippen LogP contribution < -0.4 is 15.4 Å². The Bertz CT molecular complexity index is 615. The van der Waals surface area contributed by atoms with Gasteiger partial charge in [0.1, 0.15) is 12.4 Å². The molecule has 9 heteroatoms. The molecule has 0 spiro atoms. The smallest absolute Gasteiger partial charge is 0.416 e. The Kier molecular flexibility index (Phi) is 11.1. The van der Waals surface area contributed by atoms with E-state index in [1.54, 1.807) is 0 Å². The Labute approximate surface area is 188 Å². The molecule has 1 heterocycles. The average molecular weight is 528 g/mol. The first-order valence-corrected chi connectivity index (χ1v) is 9.88. The third kappa shape index (κ3) is 8.98. The highest BCUT2D eigenvalue weighted by molar-refractivity contribution is 14.0. The van der Waals surface area contributed by atoms with Crippen LogP contribution in [-0.2, 0) is 6.18 Å². The van der Waals surface area contributed by atoms with Crippen LogP contribution in [0.1, 0.15) is 39.2 Å². The summed E-state index contributed by atoms with van der Waals surface area (Å²) >= 11 is 0. The van der Waals surface area contributed by atoms with Gasteiger partial charge in [-0.15, -0.1) is 24.0 Å². The zero-order valence-corrected chi connectivity index (χ0v) is 19.6. The Morgan fingerprint density at radius 3 is 2.34 bits per heavy atom. The van der Waals surface area contributed by atoms with Gasteiger partial charge in [-0.25, -0.2) is 4.99 Å². The highest BCUT2D eigenvalue weighted by Gasteiger charge is 2.30. The van der Waals surface area contributed by atoms with Gasteiger partial charge in [0.2, 0.25) is 0 Å². The number of ether oxygens (including phenoxy) is 1. The molecular weight excluding hydrogens is 496 g/mol. The zero-order valence-electron chi connectivity index (χ0n) is 17.3. The van der Waals surface area contributed by atoms with E-state index in [0.29, 0.717) is 31.0 Å². The van der Waals surface area contributed by atoms with Crippen LogP contribution in [0.5, 0.6) is 5.75 Å². The molecule has 0 radical (unpaired) electrons. The van der Waals surface area contributed by atoms with Gasteiger partial charge in [-0.2, -0.15) is 13.2 Å². The molecule has 0 saturated carbocycles. The van der Waals surface area contributed by atoms with E-state index in [0.717, 1.165) is 50.6 Å². The SMILES string of the molecule is CCNC(=NCCOc1ccc(C(F)(F)F)cc1)NC1CCN(C(C)C)CC1.I. The van der Waals surface area contributed by atoms with Crippen molar-refractivity contribution in [2.45, 2.75) is 51.9 Å². The Hall–Kier alpha value is -1.23. The summed E-state index contributed by atoms with van der Waals surface area (Å²) in [6, 6.07) is 5.67. The van der Waals surface area contributed by atoms with Crippen LogP contribution in [-0.4, -0.2) is 55.7 Å². The van der Waals surface area contributed by atoms with Crippen molar-refractivity contribution in [1.29, 1.82) is 0 Å². The molecular formula is C20H32F3IN4O. The van der Waals surface area contributed by atoms with Gasteiger partial charge in [0.25, 0.3) is 0 Å². The van der Waals surface area contributed by atoms with Crippen LogP contribution in [0.3, 0.4) is 0 Å². The summed E-state index contributed by atoms with van der Waals surface area (Å²) in [6.07, 6.45) is -2.18. The lowest BCUT2D eigenvalue weighted by Gasteiger charge is -2.35. The molecule has 0 bridgehead atoms. The molecule has 0 atom stereocenters. The number of halogens is 4. The maximum absolute atomic E-state index is 12.6. The van der Waals surface area contributed by atoms with Crippen molar-refractivity contribution in [1.82, 2.24) is 15.5 Å². The van der Waals surface area contributed by atoms with Crippen molar-refractivity contribution < 1.29 is 17.9 Å². The maximum Gasteiger partial charge on any atom is 0.416 e. The second-order valence-electron chi connectivity index (χ2n) is 7.18. The Morgan fingerprint density at radius 2 is 1.83 bits per heavy atom. The number of nitrogens with one attached hydrogen (secondary N) is 2. The van der Waals surface area contributed by atoms with Gasteiger partial charge in [-0.05, 0) is 57.9 Å². The number of benzene rings is 1. The quantitative estimate of drug-likeness (QED) is 0.242. The first kappa shape index (κ1) is 25.8. The topological polar surface area (TPSA) is 48.9 Å². The first-order chi connectivity index (χ1) is 13.3. The van der Waals surface area contributed by atoms with E-state index in [1.165, 1.54) is 12.1 Å². The molecule has 166 valence electrons. The molecule has 5 nitrogen and oxygen atoms in total. The molecule has 1 aliphatic heterocycles. The molecule has 1 saturated heterocycles. The molecule has 0 amide bonds. The standard InChI is InChI=1S/C20H31F3N4O.HI/c1-4-24-19(26-17-9-12-27(13-10-17)15(2)3)25-11-14-28-18-7-5-16(6-8-18)20(21,22)23;/h5-8,15,17H,4,9-14H2,1-3H3,(H2,24,25,26);1H. The summed E-state index contributed by atoms with van der Waals surface area (Å²) in [4.78, 5) is 6.98. The van der Waals surface area contributed by atoms with Crippen LogP contribution in [0.15, 0.2) is 29.3 Å². The first-order valence-electron chi connectivity index (χ1n) is 9.88. The number of aliphatic imine (C=N–C) groups is 1. The zero-order chi connectivity index (χ0) is 20.6. The van der Waals surface area contributed by atoms with Gasteiger partial charge >= 0.3 is 6.18 Å². The predicted molar refractivity (Wildman–Crippen MR) is 121 cm³/mol. The molecule has 2 rings (SSSR count). The van der Waals surface area contributed by atoms with Gasteiger partial charge in [0, 0.05) is 31.7 Å². The minimum absolute atomic E-state index is 0. The minimum Gasteiger partial charge on any atom is -0.492 e. The van der Waals surface area contributed by atoms with Gasteiger partial charge in [-0.1, -0.05) is 0 Å². The number of hydrogen-bond donors (Lipinski definition) is 2. The van der Waals surface area contributed by atoms with E-state index in [-0.39, 0.29) is 24.0 Å². The van der Waals surface area contributed by atoms with Gasteiger partial charge in [0.05, 0.1) is 12.1 Å². The van der Waals surface area contributed by atoms with E-state index in [2.05, 4.69) is 34.4 Å². The van der Waals surface area contributed by atoms with E-state index >= 15 is 0 Å². The van der Waals surface area contributed by atoms with Gasteiger partial charge in [0.15, 0.2) is 5.96 Å². The van der Waals surface area contributed by atoms with E-state index in [9.17, 15) is 13.2 Å². The van der Waals surface area contributed by atoms with E-state index in [4.69, 9.17) is 4.74 Å². The highest BCUT2D eigenvalue weighted by atomic mass is 127. The summed E-state index contributed by atoms with van der Waals surface area (Å²) in [6.45, 7) is 10.1. The summed E-state index contributed by atoms with van der Waals surface area (Å²) in [5.74, 6) is 1.16. The van der Waals surface area contributed by atoms with Gasteiger partial charge < -0.3 is 20.3 Å². The van der Waals surface area contributed by atoms with Crippen molar-refractivity contribution >= 4 is 29.9 Å². The Morgan fingerprint density at radius 1 is 1.21 bits per heavy atom. The van der Waals surface area contributed by atoms with Gasteiger partial charge in [-0.3, -0.25) is 0 Å². The lowest BCUT2D eigenvalue weighted by atomic mass is 10.0. The lowest BCUT2D eigenvalue weighted by molar-refractivity contribution is -0.137. The van der Waals surface area contributed by atoms with Crippen molar-refractivity contribution in [2.75, 3.05) is 32.8 Å². The number of guanidine groups is 1. The normalized spacial score (nSPS) is 16.4. The molecule has 1 aromatic carbocycles. The molecule has 0 aliphatic carbocycles. The van der Waals surface area contributed by atoms with Crippen LogP contribution in [0.25, 0.3) is 0 Å². The fraction of sp³-hybridized carbons (Fsp3) is 0.650. The monoisotopic (exact) mass is 528 g/mol. The van der Waals surface area contributed by atoms with Crippen LogP contribution in [0, 0.1) is 0 Å². The number of hydrogen-bond acceptors (Lipinski definition) is 3. The molecule has 1 aromatic rings. The molecule has 0 unspecified atom stereocenters. The second kappa shape index (κ2) is 12.5. The summed E-state index contributed by atoms with van der Waals surface area (Å²) < 4.78 is 43.2. The molecule has 1 aliphatic rings. The van der Waals surface area contributed by atoms with Crippen LogP contribution in [0.2, 0.25) is 0 Å². The predicted octanol–water partition coefficient (Wildman–Crippen LogP) is 4.13. The fourth-order valence-corrected chi connectivity index (χ4v) is 3.13. The summed E-state index contributed by atoms with van der Waals surface area (Å²) in [5, 5.41) is 6.70. The van der Waals surface area contributed by atoms with Crippen molar-refractivity contribution in [3.05, 3.63) is 29.8 Å². The van der Waals surface area contributed by atoms with Crippen molar-refractivity contribution in [3.8, 4) is 5.75 Å². The number of piperidine rings is 1. The number of likely N-dealkylation sites (tertiary alicyclic amines) is 1. The largest absolute Gasteiger partial charge is 0.492 e. The average Bonchev–Trinajstić information content (AvgIpc) is 2.65. The number of alkyl halides is 3. The highest BCUT2D eigenvalue weighted by Crippen LogP contribution is 2.30. The van der Waals surface area contributed by atoms with E-state index < -0.39 is 11.7 Å². The second-order valence-corrected chi connectivity index (χ2v) is 7.18. The van der Waals surface area contributed by atoms with Crippen LogP contribution >= 0.6 is 24.0 Å². The fourth-order valence-electron chi connectivity index (χ4n) is 3.13. The lowest BCUT2D eigenvalue weighted by Crippen LogP contribution is -2.50. The van der Waals surface area contributed by atoms with Crippen LogP contribution in [0.4, 0.5) is 13.2 Å². The summed E-state index contributed by atoms with van der Waals surface area (Å²) in [7, 11) is 0. The molecule has 1 fully saturated rings. The maximum atomic E-state index is 12.6. The number of nitrogens with zero attached hydrogens (tertiary/aromatic N) is 2. The van der Waals surface area contributed by atoms with Crippen molar-refractivity contribution in [2.24, 2.45) is 4.99 Å². The van der Waals surface area contributed by atoms with E-state index in [1.807, 2.05) is 6.92 Å².